The molecule has 0 aliphatic heterocycles. The summed E-state index contributed by atoms with van der Waals surface area (Å²) >= 11 is 0. The molecule has 3 aromatic rings. The van der Waals surface area contributed by atoms with Gasteiger partial charge in [0.15, 0.2) is 0 Å². The quantitative estimate of drug-likeness (QED) is 0.696. The second kappa shape index (κ2) is 8.29. The molecule has 2 aromatic carbocycles. The van der Waals surface area contributed by atoms with Crippen molar-refractivity contribution in [3.63, 3.8) is 0 Å². The van der Waals surface area contributed by atoms with Gasteiger partial charge in [0.05, 0.1) is 12.2 Å². The lowest BCUT2D eigenvalue weighted by molar-refractivity contribution is -0.116. The van der Waals surface area contributed by atoms with Gasteiger partial charge in [0.1, 0.15) is 5.75 Å². The lowest BCUT2D eigenvalue weighted by Gasteiger charge is -2.06. The van der Waals surface area contributed by atoms with Crippen LogP contribution in [0.5, 0.6) is 5.75 Å². The number of carbonyl (C=O) groups is 1. The number of nitrogens with one attached hydrogen (secondary N) is 1. The third-order valence-electron chi connectivity index (χ3n) is 3.76. The average Bonchev–Trinajstić information content (AvgIpc) is 3.10. The Bertz CT molecular complexity index is 889. The summed E-state index contributed by atoms with van der Waals surface area (Å²) in [5.41, 5.74) is 2.65. The minimum Gasteiger partial charge on any atom is -0.493 e. The van der Waals surface area contributed by atoms with Crippen molar-refractivity contribution < 1.29 is 14.1 Å². The van der Waals surface area contributed by atoms with Crippen LogP contribution in [0.1, 0.15) is 24.8 Å². The first kappa shape index (κ1) is 17.7. The van der Waals surface area contributed by atoms with Crippen LogP contribution in [0.15, 0.2) is 53.1 Å². The predicted octanol–water partition coefficient (Wildman–Crippen LogP) is 4.02. The van der Waals surface area contributed by atoms with Gasteiger partial charge in [0.25, 0.3) is 0 Å². The van der Waals surface area contributed by atoms with Crippen molar-refractivity contribution in [3.05, 3.63) is 60.0 Å². The molecule has 0 atom stereocenters. The monoisotopic (exact) mass is 351 g/mol. The van der Waals surface area contributed by atoms with Gasteiger partial charge in [-0.15, -0.1) is 0 Å². The summed E-state index contributed by atoms with van der Waals surface area (Å²) in [5, 5.41) is 6.87. The Labute approximate surface area is 152 Å². The molecular formula is C20H21N3O3. The van der Waals surface area contributed by atoms with Crippen molar-refractivity contribution >= 4 is 11.6 Å². The number of ether oxygens (including phenoxy) is 1. The normalized spacial score (nSPS) is 10.5. The number of carbonyl (C=O) groups excluding carboxylic acids is 1. The Morgan fingerprint density at radius 1 is 1.19 bits per heavy atom. The van der Waals surface area contributed by atoms with E-state index < -0.39 is 0 Å². The molecule has 6 nitrogen and oxygen atoms in total. The topological polar surface area (TPSA) is 77.2 Å². The Kier molecular flexibility index (Phi) is 5.63. The number of anilines is 1. The van der Waals surface area contributed by atoms with Crippen LogP contribution in [-0.4, -0.2) is 22.7 Å². The molecule has 0 saturated carbocycles. The number of aromatic nitrogens is 2. The van der Waals surface area contributed by atoms with E-state index in [1.165, 1.54) is 0 Å². The van der Waals surface area contributed by atoms with Gasteiger partial charge in [-0.25, -0.2) is 0 Å². The van der Waals surface area contributed by atoms with Crippen LogP contribution in [0.3, 0.4) is 0 Å². The average molecular weight is 351 g/mol. The van der Waals surface area contributed by atoms with E-state index in [1.54, 1.807) is 0 Å². The van der Waals surface area contributed by atoms with E-state index >= 15 is 0 Å². The molecule has 0 aliphatic carbocycles. The number of para-hydroxylation sites is 1. The first-order valence-electron chi connectivity index (χ1n) is 8.57. The van der Waals surface area contributed by atoms with Crippen LogP contribution in [-0.2, 0) is 11.2 Å². The maximum absolute atomic E-state index is 12.1. The van der Waals surface area contributed by atoms with Crippen molar-refractivity contribution in [2.24, 2.45) is 0 Å². The summed E-state index contributed by atoms with van der Waals surface area (Å²) < 4.78 is 10.9. The Balaban J connectivity index is 1.61. The van der Waals surface area contributed by atoms with E-state index in [9.17, 15) is 4.79 Å². The highest BCUT2D eigenvalue weighted by Gasteiger charge is 2.14. The van der Waals surface area contributed by atoms with Gasteiger partial charge in [0.2, 0.25) is 17.6 Å². The SMILES string of the molecule is CCOc1ccccc1-c1noc(CCC(=O)Nc2cccc(C)c2)n1. The Morgan fingerprint density at radius 2 is 2.04 bits per heavy atom. The second-order valence-corrected chi connectivity index (χ2v) is 5.86. The smallest absolute Gasteiger partial charge is 0.227 e. The summed E-state index contributed by atoms with van der Waals surface area (Å²) in [6.45, 7) is 4.46. The van der Waals surface area contributed by atoms with Gasteiger partial charge in [-0.05, 0) is 43.7 Å². The molecule has 1 heterocycles. The van der Waals surface area contributed by atoms with E-state index in [2.05, 4.69) is 15.5 Å². The zero-order valence-corrected chi connectivity index (χ0v) is 14.9. The summed E-state index contributed by atoms with van der Waals surface area (Å²) in [7, 11) is 0. The third-order valence-corrected chi connectivity index (χ3v) is 3.76. The van der Waals surface area contributed by atoms with Crippen molar-refractivity contribution in [1.82, 2.24) is 10.1 Å². The maximum atomic E-state index is 12.1. The van der Waals surface area contributed by atoms with E-state index in [1.807, 2.05) is 62.4 Å². The van der Waals surface area contributed by atoms with E-state index in [-0.39, 0.29) is 12.3 Å². The second-order valence-electron chi connectivity index (χ2n) is 5.86. The molecule has 1 amide bonds. The van der Waals surface area contributed by atoms with E-state index in [0.717, 1.165) is 16.8 Å². The molecule has 26 heavy (non-hydrogen) atoms. The highest BCUT2D eigenvalue weighted by Crippen LogP contribution is 2.27. The molecule has 134 valence electrons. The van der Waals surface area contributed by atoms with E-state index in [0.29, 0.717) is 30.5 Å². The molecule has 0 unspecified atom stereocenters. The lowest BCUT2D eigenvalue weighted by Crippen LogP contribution is -2.12. The van der Waals surface area contributed by atoms with Crippen molar-refractivity contribution in [2.75, 3.05) is 11.9 Å². The molecule has 6 heteroatoms. The first-order valence-corrected chi connectivity index (χ1v) is 8.57. The fraction of sp³-hybridized carbons (Fsp3) is 0.250. The van der Waals surface area contributed by atoms with Crippen LogP contribution < -0.4 is 10.1 Å². The Hall–Kier alpha value is -3.15. The van der Waals surface area contributed by atoms with Crippen LogP contribution >= 0.6 is 0 Å². The number of hydrogen-bond acceptors (Lipinski definition) is 5. The fourth-order valence-electron chi connectivity index (χ4n) is 2.57. The molecule has 3 rings (SSSR count). The summed E-state index contributed by atoms with van der Waals surface area (Å²) in [4.78, 5) is 16.5. The summed E-state index contributed by atoms with van der Waals surface area (Å²) in [6, 6.07) is 15.2. The van der Waals surface area contributed by atoms with Gasteiger partial charge in [-0.3, -0.25) is 4.79 Å². The molecule has 1 N–H and O–H groups in total. The van der Waals surface area contributed by atoms with Gasteiger partial charge < -0.3 is 14.6 Å². The number of benzene rings is 2. The highest BCUT2D eigenvalue weighted by molar-refractivity contribution is 5.90. The summed E-state index contributed by atoms with van der Waals surface area (Å²) in [5.74, 6) is 1.50. The van der Waals surface area contributed by atoms with Gasteiger partial charge in [0, 0.05) is 18.5 Å². The minimum atomic E-state index is -0.0925. The third kappa shape index (κ3) is 4.47. The van der Waals surface area contributed by atoms with Gasteiger partial charge >= 0.3 is 0 Å². The van der Waals surface area contributed by atoms with E-state index in [4.69, 9.17) is 9.26 Å². The van der Waals surface area contributed by atoms with Gasteiger partial charge in [-0.2, -0.15) is 4.98 Å². The van der Waals surface area contributed by atoms with Gasteiger partial charge in [-0.1, -0.05) is 29.4 Å². The number of nitrogens with zero attached hydrogens (tertiary/aromatic N) is 2. The number of amides is 1. The number of hydrogen-bond donors (Lipinski definition) is 1. The predicted molar refractivity (Wildman–Crippen MR) is 99.0 cm³/mol. The minimum absolute atomic E-state index is 0.0925. The number of rotatable bonds is 7. The lowest BCUT2D eigenvalue weighted by atomic mass is 10.2. The maximum Gasteiger partial charge on any atom is 0.227 e. The molecule has 0 aliphatic rings. The van der Waals surface area contributed by atoms with Crippen LogP contribution in [0.2, 0.25) is 0 Å². The summed E-state index contributed by atoms with van der Waals surface area (Å²) in [6.07, 6.45) is 0.643. The highest BCUT2D eigenvalue weighted by atomic mass is 16.5. The first-order chi connectivity index (χ1) is 12.7. The standard InChI is InChI=1S/C20H21N3O3/c1-3-25-17-10-5-4-9-16(17)20-22-19(26-23-20)12-11-18(24)21-15-8-6-7-14(2)13-15/h4-10,13H,3,11-12H2,1-2H3,(H,21,24). The molecule has 0 bridgehead atoms. The zero-order valence-electron chi connectivity index (χ0n) is 14.9. The Morgan fingerprint density at radius 3 is 2.85 bits per heavy atom. The van der Waals surface area contributed by atoms with Crippen molar-refractivity contribution in [1.29, 1.82) is 0 Å². The van der Waals surface area contributed by atoms with Crippen LogP contribution in [0.4, 0.5) is 5.69 Å². The molecule has 0 spiro atoms. The molecule has 0 saturated heterocycles. The largest absolute Gasteiger partial charge is 0.493 e. The molecule has 1 aromatic heterocycles. The molecule has 0 radical (unpaired) electrons. The van der Waals surface area contributed by atoms with Crippen LogP contribution in [0.25, 0.3) is 11.4 Å². The molecular weight excluding hydrogens is 330 g/mol. The fourth-order valence-corrected chi connectivity index (χ4v) is 2.57. The van der Waals surface area contributed by atoms with Crippen molar-refractivity contribution in [3.8, 4) is 17.1 Å². The molecule has 0 fully saturated rings. The van der Waals surface area contributed by atoms with Crippen LogP contribution in [0, 0.1) is 6.92 Å². The van der Waals surface area contributed by atoms with Crippen molar-refractivity contribution in [2.45, 2.75) is 26.7 Å². The number of aryl methyl sites for hydroxylation is 2. The zero-order chi connectivity index (χ0) is 18.4.